The van der Waals surface area contributed by atoms with E-state index < -0.39 is 0 Å². The van der Waals surface area contributed by atoms with Crippen molar-refractivity contribution in [3.8, 4) is 5.75 Å². The number of ether oxygens (including phenoxy) is 2. The summed E-state index contributed by atoms with van der Waals surface area (Å²) in [5.41, 5.74) is 2.69. The van der Waals surface area contributed by atoms with Gasteiger partial charge in [0.2, 0.25) is 5.56 Å². The second-order valence-corrected chi connectivity index (χ2v) is 11.4. The smallest absolute Gasteiger partial charge is 0.248 e. The minimum atomic E-state index is -0.285. The maximum Gasteiger partial charge on any atom is 0.248 e. The Kier molecular flexibility index (Phi) is 6.63. The third-order valence-electron chi connectivity index (χ3n) is 5.63. The first kappa shape index (κ1) is 22.9. The second kappa shape index (κ2) is 9.28. The Hall–Kier alpha value is -2.31. The van der Waals surface area contributed by atoms with Gasteiger partial charge in [-0.05, 0) is 72.5 Å². The van der Waals surface area contributed by atoms with Crippen molar-refractivity contribution in [3.63, 3.8) is 0 Å². The number of nitrogens with one attached hydrogen (secondary N) is 1. The van der Waals surface area contributed by atoms with Crippen molar-refractivity contribution in [2.24, 2.45) is 0 Å². The molecule has 3 unspecified atom stereocenters. The van der Waals surface area contributed by atoms with Gasteiger partial charge in [-0.2, -0.15) is 0 Å². The standard InChI is InChI=1S/C26H30FNO3S/c1-16(17-5-7-23-19(11-17)6-8-24(29)28-23)31-22-13-20(12-21(27)15-22)18-9-10-30-25(14-18)32-26(2,3)4/h5-8,11-13,15-16,18,25H,9-10,14H2,1-4H3,(H,28,29). The van der Waals surface area contributed by atoms with E-state index in [2.05, 4.69) is 25.8 Å². The van der Waals surface area contributed by atoms with E-state index in [0.717, 1.165) is 34.9 Å². The molecule has 1 fully saturated rings. The van der Waals surface area contributed by atoms with Crippen molar-refractivity contribution >= 4 is 22.7 Å². The van der Waals surface area contributed by atoms with Gasteiger partial charge in [0.15, 0.2) is 0 Å². The number of halogens is 1. The monoisotopic (exact) mass is 455 g/mol. The number of aromatic amines is 1. The molecule has 4 nitrogen and oxygen atoms in total. The van der Waals surface area contributed by atoms with E-state index in [-0.39, 0.29) is 33.6 Å². The summed E-state index contributed by atoms with van der Waals surface area (Å²) in [7, 11) is 0. The summed E-state index contributed by atoms with van der Waals surface area (Å²) in [5.74, 6) is 0.488. The van der Waals surface area contributed by atoms with Gasteiger partial charge < -0.3 is 14.5 Å². The number of aromatic nitrogens is 1. The molecule has 2 aromatic carbocycles. The van der Waals surface area contributed by atoms with E-state index in [1.165, 1.54) is 12.1 Å². The Morgan fingerprint density at radius 3 is 2.75 bits per heavy atom. The Bertz CT molecular complexity index is 1150. The zero-order valence-electron chi connectivity index (χ0n) is 19.0. The molecule has 170 valence electrons. The number of rotatable bonds is 5. The summed E-state index contributed by atoms with van der Waals surface area (Å²) in [6.07, 6.45) is 1.48. The number of benzene rings is 2. The molecule has 0 spiro atoms. The molecule has 32 heavy (non-hydrogen) atoms. The average molecular weight is 456 g/mol. The normalized spacial score (nSPS) is 20.3. The predicted octanol–water partition coefficient (Wildman–Crippen LogP) is 6.56. The number of fused-ring (bicyclic) bond motifs is 1. The molecule has 1 aliphatic heterocycles. The lowest BCUT2D eigenvalue weighted by atomic mass is 9.91. The molecule has 1 N–H and O–H groups in total. The van der Waals surface area contributed by atoms with Crippen molar-refractivity contribution < 1.29 is 13.9 Å². The van der Waals surface area contributed by atoms with Gasteiger partial charge >= 0.3 is 0 Å². The third-order valence-corrected chi connectivity index (χ3v) is 6.93. The zero-order chi connectivity index (χ0) is 22.9. The molecule has 0 radical (unpaired) electrons. The van der Waals surface area contributed by atoms with Crippen LogP contribution in [0.15, 0.2) is 53.3 Å². The first-order chi connectivity index (χ1) is 15.2. The lowest BCUT2D eigenvalue weighted by Crippen LogP contribution is -2.26. The molecule has 0 bridgehead atoms. The predicted molar refractivity (Wildman–Crippen MR) is 129 cm³/mol. The van der Waals surface area contributed by atoms with Crippen LogP contribution < -0.4 is 10.3 Å². The minimum Gasteiger partial charge on any atom is -0.486 e. The number of pyridine rings is 1. The summed E-state index contributed by atoms with van der Waals surface area (Å²) in [6.45, 7) is 9.18. The fourth-order valence-corrected chi connectivity index (χ4v) is 5.41. The number of hydrogen-bond acceptors (Lipinski definition) is 4. The fourth-order valence-electron chi connectivity index (χ4n) is 4.13. The molecular formula is C26H30FNO3S. The Morgan fingerprint density at radius 2 is 1.97 bits per heavy atom. The fraction of sp³-hybridized carbons (Fsp3) is 0.423. The molecule has 3 atom stereocenters. The highest BCUT2D eigenvalue weighted by molar-refractivity contribution is 8.01. The van der Waals surface area contributed by atoms with Crippen LogP contribution in [0.5, 0.6) is 5.75 Å². The molecule has 1 aliphatic rings. The van der Waals surface area contributed by atoms with E-state index in [1.807, 2.05) is 43.0 Å². The third kappa shape index (κ3) is 5.73. The van der Waals surface area contributed by atoms with Gasteiger partial charge in [0.05, 0.1) is 0 Å². The maximum atomic E-state index is 14.5. The van der Waals surface area contributed by atoms with Crippen LogP contribution in [-0.4, -0.2) is 21.8 Å². The van der Waals surface area contributed by atoms with E-state index in [9.17, 15) is 9.18 Å². The van der Waals surface area contributed by atoms with Gasteiger partial charge in [0.25, 0.3) is 0 Å². The average Bonchev–Trinajstić information content (AvgIpc) is 2.72. The summed E-state index contributed by atoms with van der Waals surface area (Å²) in [6, 6.07) is 14.1. The largest absolute Gasteiger partial charge is 0.486 e. The summed E-state index contributed by atoms with van der Waals surface area (Å²) >= 11 is 1.82. The Labute approximate surface area is 192 Å². The van der Waals surface area contributed by atoms with Crippen LogP contribution >= 0.6 is 11.8 Å². The van der Waals surface area contributed by atoms with Crippen LogP contribution in [0.2, 0.25) is 0 Å². The SMILES string of the molecule is CC(Oc1cc(F)cc(C2CCOC(SC(C)(C)C)C2)c1)c1ccc2[nH]c(=O)ccc2c1. The lowest BCUT2D eigenvalue weighted by molar-refractivity contribution is 0.0610. The number of H-pyrrole nitrogens is 1. The summed E-state index contributed by atoms with van der Waals surface area (Å²) in [5, 5.41) is 0.932. The van der Waals surface area contributed by atoms with Crippen LogP contribution in [0.1, 0.15) is 63.7 Å². The highest BCUT2D eigenvalue weighted by Crippen LogP contribution is 2.40. The molecule has 1 aromatic heterocycles. The highest BCUT2D eigenvalue weighted by Gasteiger charge is 2.28. The highest BCUT2D eigenvalue weighted by atomic mass is 32.2. The van der Waals surface area contributed by atoms with Crippen molar-refractivity contribution in [2.45, 2.75) is 62.7 Å². The first-order valence-corrected chi connectivity index (χ1v) is 11.9. The molecule has 0 amide bonds. The van der Waals surface area contributed by atoms with E-state index in [4.69, 9.17) is 9.47 Å². The lowest BCUT2D eigenvalue weighted by Gasteiger charge is -2.33. The van der Waals surface area contributed by atoms with Crippen molar-refractivity contribution in [1.82, 2.24) is 4.98 Å². The van der Waals surface area contributed by atoms with Gasteiger partial charge in [-0.3, -0.25) is 4.79 Å². The summed E-state index contributed by atoms with van der Waals surface area (Å²) < 4.78 is 26.7. The minimum absolute atomic E-state index is 0.115. The Balaban J connectivity index is 1.51. The van der Waals surface area contributed by atoms with Gasteiger partial charge in [-0.25, -0.2) is 4.39 Å². The van der Waals surface area contributed by atoms with E-state index >= 15 is 0 Å². The van der Waals surface area contributed by atoms with Crippen LogP contribution in [0.3, 0.4) is 0 Å². The molecular weight excluding hydrogens is 425 g/mol. The summed E-state index contributed by atoms with van der Waals surface area (Å²) in [4.78, 5) is 14.3. The molecule has 0 aliphatic carbocycles. The van der Waals surface area contributed by atoms with Crippen LogP contribution in [-0.2, 0) is 4.74 Å². The van der Waals surface area contributed by atoms with Gasteiger partial charge in [-0.1, -0.05) is 26.8 Å². The van der Waals surface area contributed by atoms with Crippen LogP contribution in [0.25, 0.3) is 10.9 Å². The van der Waals surface area contributed by atoms with E-state index in [0.29, 0.717) is 12.4 Å². The number of thioether (sulfide) groups is 1. The Morgan fingerprint density at radius 1 is 1.16 bits per heavy atom. The van der Waals surface area contributed by atoms with Crippen LogP contribution in [0.4, 0.5) is 4.39 Å². The van der Waals surface area contributed by atoms with E-state index in [1.54, 1.807) is 12.1 Å². The van der Waals surface area contributed by atoms with Gasteiger partial charge in [-0.15, -0.1) is 11.8 Å². The topological polar surface area (TPSA) is 51.3 Å². The molecule has 2 heterocycles. The van der Waals surface area contributed by atoms with Gasteiger partial charge in [0.1, 0.15) is 23.1 Å². The van der Waals surface area contributed by atoms with Crippen LogP contribution in [0, 0.1) is 5.82 Å². The zero-order valence-corrected chi connectivity index (χ0v) is 19.8. The molecule has 6 heteroatoms. The molecule has 4 rings (SSSR count). The molecule has 3 aromatic rings. The maximum absolute atomic E-state index is 14.5. The van der Waals surface area contributed by atoms with Crippen molar-refractivity contribution in [3.05, 3.63) is 75.8 Å². The van der Waals surface area contributed by atoms with Crippen molar-refractivity contribution in [1.29, 1.82) is 0 Å². The molecule has 0 saturated carbocycles. The molecule has 1 saturated heterocycles. The first-order valence-electron chi connectivity index (χ1n) is 11.1. The van der Waals surface area contributed by atoms with Gasteiger partial charge in [0, 0.05) is 29.0 Å². The van der Waals surface area contributed by atoms with Crippen molar-refractivity contribution in [2.75, 3.05) is 6.61 Å². The second-order valence-electron chi connectivity index (χ2n) is 9.40. The number of hydrogen-bond donors (Lipinski definition) is 1. The quantitative estimate of drug-likeness (QED) is 0.473.